The van der Waals surface area contributed by atoms with Gasteiger partial charge < -0.3 is 4.74 Å². The lowest BCUT2D eigenvalue weighted by molar-refractivity contribution is 0.0599. The molecule has 0 bridgehead atoms. The molecule has 116 valence electrons. The number of pyridine rings is 1. The van der Waals surface area contributed by atoms with E-state index >= 15 is 0 Å². The predicted octanol–water partition coefficient (Wildman–Crippen LogP) is 4.79. The Morgan fingerprint density at radius 3 is 2.23 bits per heavy atom. The molecule has 0 amide bonds. The first-order valence-electron chi connectivity index (χ1n) is 7.10. The van der Waals surface area contributed by atoms with Gasteiger partial charge in [0.2, 0.25) is 0 Å². The summed E-state index contributed by atoms with van der Waals surface area (Å²) in [6.07, 6.45) is 0. The maximum Gasteiger partial charge on any atom is 0.341 e. The van der Waals surface area contributed by atoms with E-state index in [2.05, 4.69) is 37.9 Å². The summed E-state index contributed by atoms with van der Waals surface area (Å²) in [4.78, 5) is 16.2. The lowest BCUT2D eigenvalue weighted by atomic mass is 9.86. The lowest BCUT2D eigenvalue weighted by Crippen LogP contribution is -2.10. The van der Waals surface area contributed by atoms with Crippen molar-refractivity contribution < 1.29 is 9.53 Å². The van der Waals surface area contributed by atoms with Gasteiger partial charge in [0, 0.05) is 5.56 Å². The molecule has 22 heavy (non-hydrogen) atoms. The van der Waals surface area contributed by atoms with Crippen molar-refractivity contribution in [3.8, 4) is 11.3 Å². The summed E-state index contributed by atoms with van der Waals surface area (Å²) in [6.45, 7) is 8.27. The Balaban J connectivity index is 2.44. The largest absolute Gasteiger partial charge is 0.465 e. The fourth-order valence-electron chi connectivity index (χ4n) is 2.27. The molecular weight excluding hydrogens is 298 g/mol. The number of methoxy groups -OCH3 is 1. The van der Waals surface area contributed by atoms with Crippen LogP contribution in [0, 0.1) is 6.92 Å². The number of halogens is 1. The van der Waals surface area contributed by atoms with Gasteiger partial charge in [-0.05, 0) is 24.0 Å². The number of benzene rings is 1. The number of aryl methyl sites for hydroxylation is 1. The summed E-state index contributed by atoms with van der Waals surface area (Å²) in [5, 5.41) is 0.356. The Morgan fingerprint density at radius 2 is 1.77 bits per heavy atom. The summed E-state index contributed by atoms with van der Waals surface area (Å²) in [5.74, 6) is -0.468. The molecule has 3 nitrogen and oxygen atoms in total. The first kappa shape index (κ1) is 16.5. The molecule has 0 aliphatic heterocycles. The first-order chi connectivity index (χ1) is 10.2. The molecule has 0 aliphatic rings. The van der Waals surface area contributed by atoms with E-state index in [1.54, 1.807) is 13.0 Å². The third-order valence-electron chi connectivity index (χ3n) is 3.59. The highest BCUT2D eigenvalue weighted by molar-refractivity contribution is 6.34. The molecule has 0 spiro atoms. The molecule has 0 fully saturated rings. The van der Waals surface area contributed by atoms with Crippen molar-refractivity contribution in [2.24, 2.45) is 0 Å². The van der Waals surface area contributed by atoms with Crippen molar-refractivity contribution in [1.82, 2.24) is 4.98 Å². The van der Waals surface area contributed by atoms with Crippen LogP contribution in [0.1, 0.15) is 42.4 Å². The predicted molar refractivity (Wildman–Crippen MR) is 89.5 cm³/mol. The molecule has 0 N–H and O–H groups in total. The lowest BCUT2D eigenvalue weighted by Gasteiger charge is -2.19. The molecule has 1 aromatic carbocycles. The van der Waals surface area contributed by atoms with Crippen LogP contribution in [-0.2, 0) is 10.2 Å². The fourth-order valence-corrected chi connectivity index (χ4v) is 2.59. The maximum absolute atomic E-state index is 11.7. The fraction of sp³-hybridized carbons (Fsp3) is 0.333. The number of carbonyl (C=O) groups excluding carboxylic acids is 1. The van der Waals surface area contributed by atoms with Gasteiger partial charge in [0.1, 0.15) is 0 Å². The molecule has 4 heteroatoms. The summed E-state index contributed by atoms with van der Waals surface area (Å²) >= 11 is 6.22. The standard InChI is InChI=1S/C18H20ClNO2/c1-11-16(17(21)22-5)14(19)10-15(20-11)12-6-8-13(9-7-12)18(2,3)4/h6-10H,1-5H3. The third kappa shape index (κ3) is 3.30. The van der Waals surface area contributed by atoms with Gasteiger partial charge in [-0.25, -0.2) is 4.79 Å². The summed E-state index contributed by atoms with van der Waals surface area (Å²) < 4.78 is 4.73. The van der Waals surface area contributed by atoms with Crippen LogP contribution >= 0.6 is 11.6 Å². The van der Waals surface area contributed by atoms with Crippen LogP contribution in [0.25, 0.3) is 11.3 Å². The molecule has 2 rings (SSSR count). The zero-order valence-corrected chi connectivity index (χ0v) is 14.3. The van der Waals surface area contributed by atoms with Crippen LogP contribution in [0.5, 0.6) is 0 Å². The number of esters is 1. The second-order valence-electron chi connectivity index (χ2n) is 6.27. The van der Waals surface area contributed by atoms with E-state index in [-0.39, 0.29) is 5.41 Å². The van der Waals surface area contributed by atoms with Crippen molar-refractivity contribution in [3.05, 3.63) is 52.2 Å². The van der Waals surface area contributed by atoms with Crippen molar-refractivity contribution in [3.63, 3.8) is 0 Å². The molecule has 0 aliphatic carbocycles. The van der Waals surface area contributed by atoms with Crippen molar-refractivity contribution in [1.29, 1.82) is 0 Å². The number of nitrogens with zero attached hydrogens (tertiary/aromatic N) is 1. The Hall–Kier alpha value is -1.87. The minimum Gasteiger partial charge on any atom is -0.465 e. The van der Waals surface area contributed by atoms with Gasteiger partial charge in [0.05, 0.1) is 29.1 Å². The van der Waals surface area contributed by atoms with Gasteiger partial charge in [-0.3, -0.25) is 4.98 Å². The third-order valence-corrected chi connectivity index (χ3v) is 3.89. The second kappa shape index (κ2) is 6.09. The number of aromatic nitrogens is 1. The molecule has 0 saturated heterocycles. The Bertz CT molecular complexity index is 677. The van der Waals surface area contributed by atoms with Gasteiger partial charge in [-0.1, -0.05) is 56.6 Å². The highest BCUT2D eigenvalue weighted by Crippen LogP contribution is 2.29. The van der Waals surface area contributed by atoms with Gasteiger partial charge in [0.15, 0.2) is 0 Å². The minimum absolute atomic E-state index is 0.105. The van der Waals surface area contributed by atoms with Gasteiger partial charge in [-0.2, -0.15) is 0 Å². The number of carbonyl (C=O) groups is 1. The van der Waals surface area contributed by atoms with Crippen LogP contribution in [0.4, 0.5) is 0 Å². The van der Waals surface area contributed by atoms with Gasteiger partial charge in [-0.15, -0.1) is 0 Å². The molecule has 2 aromatic rings. The number of ether oxygens (including phenoxy) is 1. The van der Waals surface area contributed by atoms with E-state index in [0.29, 0.717) is 16.3 Å². The highest BCUT2D eigenvalue weighted by Gasteiger charge is 2.18. The minimum atomic E-state index is -0.468. The average Bonchev–Trinajstić information content (AvgIpc) is 2.45. The smallest absolute Gasteiger partial charge is 0.341 e. The topological polar surface area (TPSA) is 39.2 Å². The summed E-state index contributed by atoms with van der Waals surface area (Å²) in [6, 6.07) is 9.93. The van der Waals surface area contributed by atoms with E-state index in [1.807, 2.05) is 12.1 Å². The average molecular weight is 318 g/mol. The molecule has 1 aromatic heterocycles. The monoisotopic (exact) mass is 317 g/mol. The zero-order valence-electron chi connectivity index (χ0n) is 13.5. The van der Waals surface area contributed by atoms with E-state index in [1.165, 1.54) is 12.7 Å². The molecular formula is C18H20ClNO2. The molecule has 0 saturated carbocycles. The quantitative estimate of drug-likeness (QED) is 0.747. The van der Waals surface area contributed by atoms with Crippen molar-refractivity contribution in [2.45, 2.75) is 33.1 Å². The molecule has 1 heterocycles. The Labute approximate surface area is 136 Å². The van der Waals surface area contributed by atoms with E-state index in [0.717, 1.165) is 11.3 Å². The van der Waals surface area contributed by atoms with Crippen LogP contribution < -0.4 is 0 Å². The summed E-state index contributed by atoms with van der Waals surface area (Å²) in [5.41, 5.74) is 3.96. The Morgan fingerprint density at radius 1 is 1.18 bits per heavy atom. The first-order valence-corrected chi connectivity index (χ1v) is 7.48. The number of rotatable bonds is 2. The number of hydrogen-bond donors (Lipinski definition) is 0. The van der Waals surface area contributed by atoms with Gasteiger partial charge >= 0.3 is 5.97 Å². The van der Waals surface area contributed by atoms with Crippen molar-refractivity contribution in [2.75, 3.05) is 7.11 Å². The van der Waals surface area contributed by atoms with Gasteiger partial charge in [0.25, 0.3) is 0 Å². The van der Waals surface area contributed by atoms with E-state index < -0.39 is 5.97 Å². The molecule has 0 radical (unpaired) electrons. The molecule has 0 atom stereocenters. The normalized spacial score (nSPS) is 11.4. The van der Waals surface area contributed by atoms with E-state index in [9.17, 15) is 4.79 Å². The highest BCUT2D eigenvalue weighted by atomic mass is 35.5. The van der Waals surface area contributed by atoms with Crippen LogP contribution in [0.2, 0.25) is 5.02 Å². The molecule has 0 unspecified atom stereocenters. The van der Waals surface area contributed by atoms with E-state index in [4.69, 9.17) is 16.3 Å². The van der Waals surface area contributed by atoms with Crippen molar-refractivity contribution >= 4 is 17.6 Å². The Kier molecular flexibility index (Phi) is 4.57. The summed E-state index contributed by atoms with van der Waals surface area (Å²) in [7, 11) is 1.33. The maximum atomic E-state index is 11.7. The van der Waals surface area contributed by atoms with Crippen LogP contribution in [0.15, 0.2) is 30.3 Å². The zero-order chi connectivity index (χ0) is 16.5. The number of hydrogen-bond acceptors (Lipinski definition) is 3. The van der Waals surface area contributed by atoms with Crippen LogP contribution in [0.3, 0.4) is 0 Å². The second-order valence-corrected chi connectivity index (χ2v) is 6.68. The SMILES string of the molecule is COC(=O)c1c(Cl)cc(-c2ccc(C(C)(C)C)cc2)nc1C. The van der Waals surface area contributed by atoms with Crippen LogP contribution in [-0.4, -0.2) is 18.1 Å².